The van der Waals surface area contributed by atoms with E-state index < -0.39 is 5.97 Å². The number of carbonyl (C=O) groups is 1. The molecule has 2 aromatic heterocycles. The van der Waals surface area contributed by atoms with Crippen molar-refractivity contribution in [1.29, 1.82) is 0 Å². The van der Waals surface area contributed by atoms with Crippen LogP contribution in [0.2, 0.25) is 0 Å². The summed E-state index contributed by atoms with van der Waals surface area (Å²) in [5.74, 6) is -1.00. The van der Waals surface area contributed by atoms with Gasteiger partial charge < -0.3 is 15.6 Å². The van der Waals surface area contributed by atoms with Gasteiger partial charge in [-0.05, 0) is 19.4 Å². The predicted molar refractivity (Wildman–Crippen MR) is 78.2 cm³/mol. The monoisotopic (exact) mass is 292 g/mol. The van der Waals surface area contributed by atoms with E-state index in [-0.39, 0.29) is 10.5 Å². The zero-order chi connectivity index (χ0) is 14.5. The second-order valence-electron chi connectivity index (χ2n) is 5.37. The fourth-order valence-electron chi connectivity index (χ4n) is 2.44. The average molecular weight is 292 g/mol. The molecule has 0 unspecified atom stereocenters. The quantitative estimate of drug-likeness (QED) is 0.889. The molecule has 1 atom stereocenters. The fraction of sp³-hybridized carbons (Fsp3) is 0.429. The van der Waals surface area contributed by atoms with Crippen LogP contribution >= 0.6 is 11.3 Å². The van der Waals surface area contributed by atoms with Gasteiger partial charge >= 0.3 is 5.97 Å². The number of pyridine rings is 1. The van der Waals surface area contributed by atoms with Crippen LogP contribution in [0, 0.1) is 0 Å². The third-order valence-electron chi connectivity index (χ3n) is 3.95. The summed E-state index contributed by atoms with van der Waals surface area (Å²) >= 11 is 1.14. The number of anilines is 1. The number of hydrogen-bond acceptors (Lipinski definition) is 5. The molecule has 2 aromatic rings. The Morgan fingerprint density at radius 3 is 3.05 bits per heavy atom. The van der Waals surface area contributed by atoms with Crippen LogP contribution in [0.1, 0.15) is 41.2 Å². The van der Waals surface area contributed by atoms with Crippen molar-refractivity contribution in [3.05, 3.63) is 22.2 Å². The minimum Gasteiger partial charge on any atom is -0.477 e. The van der Waals surface area contributed by atoms with E-state index in [4.69, 9.17) is 15.6 Å². The third-order valence-corrected chi connectivity index (χ3v) is 5.05. The minimum atomic E-state index is -1.00. The number of nitrogen functional groups attached to an aromatic ring is 1. The molecule has 106 valence electrons. The molecule has 0 radical (unpaired) electrons. The van der Waals surface area contributed by atoms with Crippen molar-refractivity contribution in [2.75, 3.05) is 5.73 Å². The number of ether oxygens (including phenoxy) is 1. The van der Waals surface area contributed by atoms with Crippen LogP contribution in [0.3, 0.4) is 0 Å². The molecule has 3 N–H and O–H groups in total. The Balaban J connectivity index is 2.15. The van der Waals surface area contributed by atoms with Crippen molar-refractivity contribution in [3.8, 4) is 0 Å². The van der Waals surface area contributed by atoms with Crippen LogP contribution in [0.15, 0.2) is 6.07 Å². The smallest absolute Gasteiger partial charge is 0.348 e. The number of rotatable bonds is 2. The van der Waals surface area contributed by atoms with Gasteiger partial charge in [0, 0.05) is 17.4 Å². The van der Waals surface area contributed by atoms with Gasteiger partial charge in [0.15, 0.2) is 0 Å². The van der Waals surface area contributed by atoms with E-state index in [0.29, 0.717) is 17.1 Å². The lowest BCUT2D eigenvalue weighted by Crippen LogP contribution is -2.35. The zero-order valence-electron chi connectivity index (χ0n) is 11.4. The maximum absolute atomic E-state index is 11.1. The van der Waals surface area contributed by atoms with E-state index >= 15 is 0 Å². The number of fused-ring (bicyclic) bond motifs is 2. The molecule has 1 aliphatic rings. The molecule has 0 aliphatic carbocycles. The summed E-state index contributed by atoms with van der Waals surface area (Å²) < 4.78 is 5.89. The Morgan fingerprint density at radius 2 is 2.40 bits per heavy atom. The zero-order valence-corrected chi connectivity index (χ0v) is 12.2. The maximum atomic E-state index is 11.1. The van der Waals surface area contributed by atoms with E-state index in [1.54, 1.807) is 0 Å². The SMILES string of the molecule is CC[C@@]1(C)Cc2nc3sc(C(=O)O)c(N)c3cc2CO1. The Morgan fingerprint density at radius 1 is 1.65 bits per heavy atom. The average Bonchev–Trinajstić information content (AvgIpc) is 2.73. The molecule has 20 heavy (non-hydrogen) atoms. The molecule has 1 aliphatic heterocycles. The highest BCUT2D eigenvalue weighted by Crippen LogP contribution is 2.37. The van der Waals surface area contributed by atoms with Crippen LogP contribution in [-0.4, -0.2) is 21.7 Å². The predicted octanol–water partition coefficient (Wildman–Crippen LogP) is 2.82. The molecular formula is C14H16N2O3S. The van der Waals surface area contributed by atoms with Crippen molar-refractivity contribution in [2.45, 2.75) is 38.9 Å². The van der Waals surface area contributed by atoms with Gasteiger partial charge in [0.25, 0.3) is 0 Å². The van der Waals surface area contributed by atoms with Crippen molar-refractivity contribution < 1.29 is 14.6 Å². The molecular weight excluding hydrogens is 276 g/mol. The molecule has 6 heteroatoms. The number of nitrogens with two attached hydrogens (primary N) is 1. The first kappa shape index (κ1) is 13.3. The topological polar surface area (TPSA) is 85.4 Å². The first-order valence-corrected chi connectivity index (χ1v) is 7.33. The van der Waals surface area contributed by atoms with Gasteiger partial charge in [-0.15, -0.1) is 11.3 Å². The van der Waals surface area contributed by atoms with Crippen LogP contribution in [-0.2, 0) is 17.8 Å². The first-order chi connectivity index (χ1) is 9.43. The number of carboxylic acids is 1. The normalized spacial score (nSPS) is 21.9. The van der Waals surface area contributed by atoms with E-state index in [0.717, 1.165) is 40.8 Å². The van der Waals surface area contributed by atoms with Gasteiger partial charge in [-0.3, -0.25) is 0 Å². The maximum Gasteiger partial charge on any atom is 0.348 e. The van der Waals surface area contributed by atoms with E-state index in [9.17, 15) is 4.79 Å². The summed E-state index contributed by atoms with van der Waals surface area (Å²) in [6.45, 7) is 4.67. The number of aromatic nitrogens is 1. The van der Waals surface area contributed by atoms with Crippen molar-refractivity contribution >= 4 is 33.2 Å². The third kappa shape index (κ3) is 1.96. The second kappa shape index (κ2) is 4.43. The Hall–Kier alpha value is -1.66. The van der Waals surface area contributed by atoms with Crippen molar-refractivity contribution in [2.24, 2.45) is 0 Å². The molecule has 0 saturated carbocycles. The summed E-state index contributed by atoms with van der Waals surface area (Å²) in [4.78, 5) is 16.6. The Bertz CT molecular complexity index is 710. The summed E-state index contributed by atoms with van der Waals surface area (Å²) in [5, 5.41) is 9.85. The summed E-state index contributed by atoms with van der Waals surface area (Å²) in [6, 6.07) is 1.92. The Labute approximate surface area is 120 Å². The largest absolute Gasteiger partial charge is 0.477 e. The number of carboxylic acid groups (broad SMARTS) is 1. The van der Waals surface area contributed by atoms with Crippen LogP contribution in [0.5, 0.6) is 0 Å². The number of aromatic carboxylic acids is 1. The van der Waals surface area contributed by atoms with Gasteiger partial charge in [-0.25, -0.2) is 9.78 Å². The van der Waals surface area contributed by atoms with Gasteiger partial charge in [-0.1, -0.05) is 6.92 Å². The number of hydrogen-bond donors (Lipinski definition) is 2. The van der Waals surface area contributed by atoms with Gasteiger partial charge in [0.2, 0.25) is 0 Å². The summed E-state index contributed by atoms with van der Waals surface area (Å²) in [6.07, 6.45) is 1.66. The summed E-state index contributed by atoms with van der Waals surface area (Å²) in [7, 11) is 0. The lowest BCUT2D eigenvalue weighted by molar-refractivity contribution is -0.0573. The van der Waals surface area contributed by atoms with E-state index in [1.807, 2.05) is 6.07 Å². The highest BCUT2D eigenvalue weighted by molar-refractivity contribution is 7.21. The minimum absolute atomic E-state index is 0.161. The molecule has 0 spiro atoms. The molecule has 3 heterocycles. The van der Waals surface area contributed by atoms with E-state index in [1.165, 1.54) is 0 Å². The van der Waals surface area contributed by atoms with Crippen molar-refractivity contribution in [1.82, 2.24) is 4.98 Å². The first-order valence-electron chi connectivity index (χ1n) is 6.51. The lowest BCUT2D eigenvalue weighted by Gasteiger charge is -2.33. The number of thiophene rings is 1. The van der Waals surface area contributed by atoms with E-state index in [2.05, 4.69) is 18.8 Å². The van der Waals surface area contributed by atoms with Crippen LogP contribution < -0.4 is 5.73 Å². The van der Waals surface area contributed by atoms with Gasteiger partial charge in [0.1, 0.15) is 9.71 Å². The Kier molecular flexibility index (Phi) is 2.95. The van der Waals surface area contributed by atoms with Crippen molar-refractivity contribution in [3.63, 3.8) is 0 Å². The van der Waals surface area contributed by atoms with Crippen LogP contribution in [0.25, 0.3) is 10.2 Å². The van der Waals surface area contributed by atoms with Gasteiger partial charge in [-0.2, -0.15) is 0 Å². The fourth-order valence-corrected chi connectivity index (χ4v) is 3.38. The standard InChI is InChI=1S/C14H16N2O3S/c1-3-14(2)5-9-7(6-19-14)4-8-10(15)11(13(17)18)20-12(8)16-9/h4H,3,5-6,15H2,1-2H3,(H,17,18)/t14-/m0/s1. The highest BCUT2D eigenvalue weighted by Gasteiger charge is 2.31. The molecule has 0 aromatic carbocycles. The number of nitrogens with zero attached hydrogens (tertiary/aromatic N) is 1. The molecule has 0 amide bonds. The molecule has 5 nitrogen and oxygen atoms in total. The second-order valence-corrected chi connectivity index (χ2v) is 6.36. The summed E-state index contributed by atoms with van der Waals surface area (Å²) in [5.41, 5.74) is 8.01. The molecule has 0 bridgehead atoms. The highest BCUT2D eigenvalue weighted by atomic mass is 32.1. The lowest BCUT2D eigenvalue weighted by atomic mass is 9.91. The molecule has 3 rings (SSSR count). The molecule has 0 saturated heterocycles. The van der Waals surface area contributed by atoms with Gasteiger partial charge in [0.05, 0.1) is 23.6 Å². The molecule has 0 fully saturated rings. The van der Waals surface area contributed by atoms with Crippen LogP contribution in [0.4, 0.5) is 5.69 Å².